The van der Waals surface area contributed by atoms with Crippen LogP contribution >= 0.6 is 43.6 Å². The van der Waals surface area contributed by atoms with E-state index in [9.17, 15) is 0 Å². The normalized spacial score (nSPS) is 12.6. The van der Waals surface area contributed by atoms with Gasteiger partial charge in [0.15, 0.2) is 0 Å². The number of hydrogen-bond acceptors (Lipinski definition) is 3. The van der Waals surface area contributed by atoms with Gasteiger partial charge in [-0.1, -0.05) is 22.9 Å². The Balaban J connectivity index is 1.94. The minimum Gasteiger partial charge on any atom is -0.327 e. The van der Waals surface area contributed by atoms with Crippen LogP contribution in [-0.4, -0.2) is 21.6 Å². The summed E-state index contributed by atoms with van der Waals surface area (Å²) >= 11 is 8.88. The Labute approximate surface area is 146 Å². The Bertz CT molecular complexity index is 596. The number of nitrogens with two attached hydrogens (primary N) is 1. The molecule has 0 aliphatic carbocycles. The van der Waals surface area contributed by atoms with Crippen molar-refractivity contribution in [1.82, 2.24) is 9.78 Å². The summed E-state index contributed by atoms with van der Waals surface area (Å²) in [5.74, 6) is 0.890. The lowest BCUT2D eigenvalue weighted by Gasteiger charge is -2.12. The Hall–Kier alpha value is -0.300. The molecule has 2 N–H and O–H groups in total. The van der Waals surface area contributed by atoms with E-state index in [-0.39, 0.29) is 6.04 Å². The first-order chi connectivity index (χ1) is 10.0. The monoisotopic (exact) mass is 431 g/mol. The van der Waals surface area contributed by atoms with E-state index in [0.29, 0.717) is 0 Å². The zero-order chi connectivity index (χ0) is 15.4. The van der Waals surface area contributed by atoms with Crippen molar-refractivity contribution in [3.05, 3.63) is 44.6 Å². The number of aromatic nitrogens is 2. The van der Waals surface area contributed by atoms with Crippen molar-refractivity contribution in [2.75, 3.05) is 5.75 Å². The predicted octanol–water partition coefficient (Wildman–Crippen LogP) is 4.17. The molecule has 0 aliphatic heterocycles. The molecule has 1 aromatic carbocycles. The van der Waals surface area contributed by atoms with Crippen molar-refractivity contribution in [3.63, 3.8) is 0 Å². The van der Waals surface area contributed by atoms with Crippen LogP contribution in [0.5, 0.6) is 0 Å². The van der Waals surface area contributed by atoms with Crippen molar-refractivity contribution in [2.45, 2.75) is 30.7 Å². The predicted molar refractivity (Wildman–Crippen MR) is 96.8 cm³/mol. The lowest BCUT2D eigenvalue weighted by Crippen LogP contribution is -2.26. The Morgan fingerprint density at radius 1 is 1.29 bits per heavy atom. The van der Waals surface area contributed by atoms with Gasteiger partial charge in [0.05, 0.1) is 15.9 Å². The molecule has 1 aromatic heterocycles. The quantitative estimate of drug-likeness (QED) is 0.696. The number of hydrogen-bond donors (Lipinski definition) is 1. The van der Waals surface area contributed by atoms with Crippen LogP contribution in [0.3, 0.4) is 0 Å². The molecule has 0 saturated carbocycles. The van der Waals surface area contributed by atoms with E-state index in [2.05, 4.69) is 68.1 Å². The van der Waals surface area contributed by atoms with Crippen LogP contribution in [0.25, 0.3) is 0 Å². The number of thioether (sulfide) groups is 1. The summed E-state index contributed by atoms with van der Waals surface area (Å²) in [5, 5.41) is 4.51. The number of aryl methyl sites for hydroxylation is 2. The van der Waals surface area contributed by atoms with Gasteiger partial charge in [-0.25, -0.2) is 0 Å². The van der Waals surface area contributed by atoms with Crippen LogP contribution in [0.4, 0.5) is 0 Å². The van der Waals surface area contributed by atoms with E-state index in [0.717, 1.165) is 33.2 Å². The summed E-state index contributed by atoms with van der Waals surface area (Å²) in [5.41, 5.74) is 8.55. The van der Waals surface area contributed by atoms with Crippen molar-refractivity contribution >= 4 is 43.6 Å². The van der Waals surface area contributed by atoms with Crippen LogP contribution in [0, 0.1) is 0 Å². The van der Waals surface area contributed by atoms with Crippen molar-refractivity contribution in [2.24, 2.45) is 12.8 Å². The van der Waals surface area contributed by atoms with E-state index >= 15 is 0 Å². The minimum absolute atomic E-state index is 0.107. The zero-order valence-corrected chi connectivity index (χ0v) is 16.1. The maximum absolute atomic E-state index is 6.28. The number of benzene rings is 1. The second-order valence-corrected chi connectivity index (χ2v) is 7.72. The molecule has 0 saturated heterocycles. The van der Waals surface area contributed by atoms with Gasteiger partial charge in [-0.15, -0.1) is 11.8 Å². The molecule has 0 radical (unpaired) electrons. The first-order valence-electron chi connectivity index (χ1n) is 6.85. The molecule has 0 aliphatic rings. The lowest BCUT2D eigenvalue weighted by atomic mass is 10.2. The van der Waals surface area contributed by atoms with Crippen molar-refractivity contribution in [3.8, 4) is 0 Å². The van der Waals surface area contributed by atoms with E-state index in [1.165, 1.54) is 10.6 Å². The Morgan fingerprint density at radius 2 is 1.95 bits per heavy atom. The lowest BCUT2D eigenvalue weighted by molar-refractivity contribution is 0.649. The summed E-state index contributed by atoms with van der Waals surface area (Å²) in [6, 6.07) is 8.43. The molecule has 114 valence electrons. The number of nitrogens with zero attached hydrogens (tertiary/aromatic N) is 2. The molecular weight excluding hydrogens is 414 g/mol. The third-order valence-corrected chi connectivity index (χ3v) is 5.88. The van der Waals surface area contributed by atoms with Gasteiger partial charge in [0.2, 0.25) is 0 Å². The summed E-state index contributed by atoms with van der Waals surface area (Å²) in [7, 11) is 1.98. The van der Waals surface area contributed by atoms with Crippen molar-refractivity contribution in [1.29, 1.82) is 0 Å². The molecule has 0 fully saturated rings. The van der Waals surface area contributed by atoms with Crippen LogP contribution in [0.1, 0.15) is 18.3 Å². The molecule has 3 nitrogen and oxygen atoms in total. The standard InChI is InChI=1S/C15H19Br2N3S/c1-3-13-15(17)14(20(2)19-13)8-11(18)9-21-12-6-4-10(16)5-7-12/h4-7,11H,3,8-9,18H2,1-2H3. The summed E-state index contributed by atoms with van der Waals surface area (Å²) in [6.45, 7) is 2.11. The zero-order valence-electron chi connectivity index (χ0n) is 12.1. The van der Waals surface area contributed by atoms with Gasteiger partial charge in [0.1, 0.15) is 0 Å². The molecule has 21 heavy (non-hydrogen) atoms. The molecule has 2 aromatic rings. The highest BCUT2D eigenvalue weighted by atomic mass is 79.9. The maximum Gasteiger partial charge on any atom is 0.0766 e. The second kappa shape index (κ2) is 7.81. The fraction of sp³-hybridized carbons (Fsp3) is 0.400. The summed E-state index contributed by atoms with van der Waals surface area (Å²) < 4.78 is 4.14. The van der Waals surface area contributed by atoms with Crippen molar-refractivity contribution < 1.29 is 0 Å². The molecule has 0 amide bonds. The number of halogens is 2. The molecular formula is C15H19Br2N3S. The Kier molecular flexibility index (Phi) is 6.34. The maximum atomic E-state index is 6.28. The summed E-state index contributed by atoms with van der Waals surface area (Å²) in [6.07, 6.45) is 1.75. The fourth-order valence-electron chi connectivity index (χ4n) is 2.08. The first-order valence-corrected chi connectivity index (χ1v) is 9.42. The molecule has 1 heterocycles. The summed E-state index contributed by atoms with van der Waals surface area (Å²) in [4.78, 5) is 1.24. The minimum atomic E-state index is 0.107. The second-order valence-electron chi connectivity index (χ2n) is 4.91. The topological polar surface area (TPSA) is 43.8 Å². The van der Waals surface area contributed by atoms with Gasteiger partial charge >= 0.3 is 0 Å². The molecule has 1 atom stereocenters. The van der Waals surface area contributed by atoms with Crippen LogP contribution < -0.4 is 5.73 Å². The molecule has 6 heteroatoms. The van der Waals surface area contributed by atoms with Gasteiger partial charge in [0.25, 0.3) is 0 Å². The Morgan fingerprint density at radius 3 is 2.52 bits per heavy atom. The number of rotatable bonds is 6. The highest BCUT2D eigenvalue weighted by molar-refractivity contribution is 9.10. The average Bonchev–Trinajstić information content (AvgIpc) is 2.74. The van der Waals surface area contributed by atoms with Gasteiger partial charge in [-0.2, -0.15) is 5.10 Å². The van der Waals surface area contributed by atoms with E-state index < -0.39 is 0 Å². The fourth-order valence-corrected chi connectivity index (χ4v) is 3.98. The third-order valence-electron chi connectivity index (χ3n) is 3.24. The smallest absolute Gasteiger partial charge is 0.0766 e. The largest absolute Gasteiger partial charge is 0.327 e. The van der Waals surface area contributed by atoms with E-state index in [1.807, 2.05) is 11.7 Å². The van der Waals surface area contributed by atoms with Crippen LogP contribution in [0.2, 0.25) is 0 Å². The van der Waals surface area contributed by atoms with Gasteiger partial charge in [-0.05, 0) is 46.6 Å². The SMILES string of the molecule is CCc1nn(C)c(CC(N)CSc2ccc(Br)cc2)c1Br. The molecule has 2 rings (SSSR count). The van der Waals surface area contributed by atoms with E-state index in [4.69, 9.17) is 5.73 Å². The van der Waals surface area contributed by atoms with Gasteiger partial charge in [-0.3, -0.25) is 4.68 Å². The van der Waals surface area contributed by atoms with Crippen LogP contribution in [0.15, 0.2) is 38.1 Å². The first kappa shape index (κ1) is 17.1. The highest BCUT2D eigenvalue weighted by Crippen LogP contribution is 2.25. The molecule has 1 unspecified atom stereocenters. The average molecular weight is 433 g/mol. The third kappa shape index (κ3) is 4.58. The van der Waals surface area contributed by atoms with E-state index in [1.54, 1.807) is 11.8 Å². The van der Waals surface area contributed by atoms with Gasteiger partial charge < -0.3 is 5.73 Å². The van der Waals surface area contributed by atoms with Gasteiger partial charge in [0, 0.05) is 34.6 Å². The molecule has 0 spiro atoms. The molecule has 0 bridgehead atoms. The van der Waals surface area contributed by atoms with Crippen LogP contribution in [-0.2, 0) is 19.9 Å². The highest BCUT2D eigenvalue weighted by Gasteiger charge is 2.15.